The fourth-order valence-corrected chi connectivity index (χ4v) is 1.65. The third-order valence-electron chi connectivity index (χ3n) is 2.84. The average molecular weight is 305 g/mol. The Bertz CT molecular complexity index is 422. The van der Waals surface area contributed by atoms with Crippen LogP contribution in [-0.2, 0) is 10.2 Å². The predicted octanol–water partition coefficient (Wildman–Crippen LogP) is 2.89. The van der Waals surface area contributed by atoms with Gasteiger partial charge in [0.25, 0.3) is 0 Å². The maximum atomic E-state index is 12.2. The molecule has 0 spiro atoms. The van der Waals surface area contributed by atoms with Crippen molar-refractivity contribution in [3.63, 3.8) is 0 Å². The van der Waals surface area contributed by atoms with Crippen molar-refractivity contribution in [3.8, 4) is 0 Å². The van der Waals surface area contributed by atoms with Crippen LogP contribution in [0.3, 0.4) is 0 Å². The molecular formula is C14H22Cl2N2O. The molecule has 3 nitrogen and oxygen atoms in total. The van der Waals surface area contributed by atoms with Gasteiger partial charge in [0, 0.05) is 17.1 Å². The van der Waals surface area contributed by atoms with Gasteiger partial charge in [0.2, 0.25) is 5.91 Å². The summed E-state index contributed by atoms with van der Waals surface area (Å²) < 4.78 is 0. The number of benzene rings is 1. The smallest absolute Gasteiger partial charge is 0.230 e. The normalized spacial score (nSPS) is 11.7. The molecule has 0 saturated carbocycles. The Balaban J connectivity index is 0.00000324. The van der Waals surface area contributed by atoms with Gasteiger partial charge < -0.3 is 11.1 Å². The second-order valence-electron chi connectivity index (χ2n) is 5.80. The predicted molar refractivity (Wildman–Crippen MR) is 83.0 cm³/mol. The summed E-state index contributed by atoms with van der Waals surface area (Å²) in [6.07, 6.45) is 0. The first-order valence-electron chi connectivity index (χ1n) is 5.96. The van der Waals surface area contributed by atoms with Crippen LogP contribution in [0.25, 0.3) is 0 Å². The third kappa shape index (κ3) is 5.39. The van der Waals surface area contributed by atoms with Gasteiger partial charge in [-0.3, -0.25) is 4.79 Å². The number of rotatable bonds is 4. The SMILES string of the molecule is CC(C)(N)CNC(=O)C(C)(C)c1ccc(Cl)cc1.Cl. The molecule has 1 aromatic carbocycles. The maximum absolute atomic E-state index is 12.2. The van der Waals surface area contributed by atoms with Gasteiger partial charge >= 0.3 is 0 Å². The zero-order valence-electron chi connectivity index (χ0n) is 11.8. The molecule has 0 heterocycles. The molecule has 0 radical (unpaired) electrons. The van der Waals surface area contributed by atoms with E-state index in [1.807, 2.05) is 39.8 Å². The molecule has 0 bridgehead atoms. The molecule has 1 rings (SSSR count). The topological polar surface area (TPSA) is 55.1 Å². The van der Waals surface area contributed by atoms with Gasteiger partial charge in [0.05, 0.1) is 5.41 Å². The molecule has 108 valence electrons. The molecule has 0 aliphatic rings. The summed E-state index contributed by atoms with van der Waals surface area (Å²) in [7, 11) is 0. The summed E-state index contributed by atoms with van der Waals surface area (Å²) in [4.78, 5) is 12.2. The van der Waals surface area contributed by atoms with Crippen molar-refractivity contribution < 1.29 is 4.79 Å². The van der Waals surface area contributed by atoms with Crippen LogP contribution in [0.2, 0.25) is 5.02 Å². The second kappa shape index (κ2) is 6.60. The van der Waals surface area contributed by atoms with Crippen LogP contribution in [0.4, 0.5) is 0 Å². The Morgan fingerprint density at radius 1 is 1.21 bits per heavy atom. The maximum Gasteiger partial charge on any atom is 0.230 e. The van der Waals surface area contributed by atoms with Crippen LogP contribution >= 0.6 is 24.0 Å². The number of carbonyl (C=O) groups is 1. The fraction of sp³-hybridized carbons (Fsp3) is 0.500. The van der Waals surface area contributed by atoms with E-state index in [0.717, 1.165) is 5.56 Å². The molecule has 0 atom stereocenters. The highest BCUT2D eigenvalue weighted by molar-refractivity contribution is 6.30. The van der Waals surface area contributed by atoms with Crippen molar-refractivity contribution in [2.24, 2.45) is 5.73 Å². The summed E-state index contributed by atoms with van der Waals surface area (Å²) in [6.45, 7) is 7.97. The fourth-order valence-electron chi connectivity index (χ4n) is 1.53. The zero-order chi connectivity index (χ0) is 14.0. The molecule has 0 aliphatic carbocycles. The number of carbonyl (C=O) groups excluding carboxylic acids is 1. The second-order valence-corrected chi connectivity index (χ2v) is 6.24. The van der Waals surface area contributed by atoms with E-state index in [0.29, 0.717) is 11.6 Å². The minimum atomic E-state index is -0.601. The third-order valence-corrected chi connectivity index (χ3v) is 3.09. The van der Waals surface area contributed by atoms with Gasteiger partial charge in [-0.25, -0.2) is 0 Å². The lowest BCUT2D eigenvalue weighted by Gasteiger charge is -2.27. The lowest BCUT2D eigenvalue weighted by atomic mass is 9.83. The van der Waals surface area contributed by atoms with Crippen LogP contribution in [-0.4, -0.2) is 18.0 Å². The van der Waals surface area contributed by atoms with E-state index >= 15 is 0 Å². The van der Waals surface area contributed by atoms with Gasteiger partial charge in [-0.15, -0.1) is 12.4 Å². The van der Waals surface area contributed by atoms with E-state index in [4.69, 9.17) is 17.3 Å². The number of hydrogen-bond acceptors (Lipinski definition) is 2. The van der Waals surface area contributed by atoms with Crippen molar-refractivity contribution in [2.75, 3.05) is 6.54 Å². The van der Waals surface area contributed by atoms with Crippen LogP contribution < -0.4 is 11.1 Å². The molecular weight excluding hydrogens is 283 g/mol. The molecule has 0 aromatic heterocycles. The first kappa shape index (κ1) is 18.2. The summed E-state index contributed by atoms with van der Waals surface area (Å²) in [5.74, 6) is -0.0386. The molecule has 3 N–H and O–H groups in total. The minimum Gasteiger partial charge on any atom is -0.354 e. The highest BCUT2D eigenvalue weighted by Crippen LogP contribution is 2.24. The Hall–Kier alpha value is -0.770. The molecule has 0 saturated heterocycles. The van der Waals surface area contributed by atoms with Gasteiger partial charge in [-0.05, 0) is 45.4 Å². The number of halogens is 2. The summed E-state index contributed by atoms with van der Waals surface area (Å²) in [5, 5.41) is 3.54. The largest absolute Gasteiger partial charge is 0.354 e. The molecule has 19 heavy (non-hydrogen) atoms. The Kier molecular flexibility index (Phi) is 6.33. The minimum absolute atomic E-state index is 0. The number of amides is 1. The number of nitrogens with one attached hydrogen (secondary N) is 1. The Morgan fingerprint density at radius 3 is 2.11 bits per heavy atom. The van der Waals surface area contributed by atoms with Crippen molar-refractivity contribution >= 4 is 29.9 Å². The van der Waals surface area contributed by atoms with Crippen molar-refractivity contribution in [2.45, 2.75) is 38.6 Å². The van der Waals surface area contributed by atoms with Crippen LogP contribution in [0, 0.1) is 0 Å². The first-order valence-corrected chi connectivity index (χ1v) is 6.34. The van der Waals surface area contributed by atoms with E-state index in [1.165, 1.54) is 0 Å². The molecule has 1 aromatic rings. The molecule has 1 amide bonds. The number of hydrogen-bond donors (Lipinski definition) is 2. The average Bonchev–Trinajstić information content (AvgIpc) is 2.25. The van der Waals surface area contributed by atoms with Crippen LogP contribution in [0.1, 0.15) is 33.3 Å². The van der Waals surface area contributed by atoms with Gasteiger partial charge in [0.15, 0.2) is 0 Å². The van der Waals surface area contributed by atoms with Gasteiger partial charge in [-0.1, -0.05) is 23.7 Å². The van der Waals surface area contributed by atoms with E-state index < -0.39 is 11.0 Å². The van der Waals surface area contributed by atoms with Gasteiger partial charge in [0.1, 0.15) is 0 Å². The summed E-state index contributed by atoms with van der Waals surface area (Å²) in [5.41, 5.74) is 5.77. The monoisotopic (exact) mass is 304 g/mol. The summed E-state index contributed by atoms with van der Waals surface area (Å²) in [6, 6.07) is 7.32. The first-order chi connectivity index (χ1) is 8.13. The molecule has 0 aliphatic heterocycles. The van der Waals surface area contributed by atoms with Crippen molar-refractivity contribution in [3.05, 3.63) is 34.9 Å². The van der Waals surface area contributed by atoms with Crippen LogP contribution in [0.5, 0.6) is 0 Å². The van der Waals surface area contributed by atoms with Crippen molar-refractivity contribution in [1.82, 2.24) is 5.32 Å². The standard InChI is InChI=1S/C14H21ClN2O.ClH/c1-13(2,16)9-17-12(18)14(3,4)10-5-7-11(15)8-6-10;/h5-8H,9,16H2,1-4H3,(H,17,18);1H. The Morgan fingerprint density at radius 2 is 1.68 bits per heavy atom. The van der Waals surface area contributed by atoms with Crippen LogP contribution in [0.15, 0.2) is 24.3 Å². The molecule has 0 unspecified atom stereocenters. The molecule has 5 heteroatoms. The lowest BCUT2D eigenvalue weighted by molar-refractivity contribution is -0.125. The lowest BCUT2D eigenvalue weighted by Crippen LogP contribution is -2.49. The van der Waals surface area contributed by atoms with Crippen molar-refractivity contribution in [1.29, 1.82) is 0 Å². The van der Waals surface area contributed by atoms with E-state index in [2.05, 4.69) is 5.32 Å². The number of nitrogens with two attached hydrogens (primary N) is 1. The zero-order valence-corrected chi connectivity index (χ0v) is 13.4. The summed E-state index contributed by atoms with van der Waals surface area (Å²) >= 11 is 5.85. The molecule has 0 fully saturated rings. The van der Waals surface area contributed by atoms with Gasteiger partial charge in [-0.2, -0.15) is 0 Å². The highest BCUT2D eigenvalue weighted by Gasteiger charge is 2.30. The van der Waals surface area contributed by atoms with E-state index in [-0.39, 0.29) is 18.3 Å². The quantitative estimate of drug-likeness (QED) is 0.898. The Labute approximate surface area is 126 Å². The van der Waals surface area contributed by atoms with E-state index in [1.54, 1.807) is 12.1 Å². The highest BCUT2D eigenvalue weighted by atomic mass is 35.5. The van der Waals surface area contributed by atoms with E-state index in [9.17, 15) is 4.79 Å².